The highest BCUT2D eigenvalue weighted by atomic mass is 16.2. The largest absolute Gasteiger partial charge is 0.326 e. The third kappa shape index (κ3) is 4.68. The van der Waals surface area contributed by atoms with Gasteiger partial charge >= 0.3 is 0 Å². The van der Waals surface area contributed by atoms with Gasteiger partial charge in [0.2, 0.25) is 5.91 Å². The molecule has 2 N–H and O–H groups in total. The fraction of sp³-hybridized carbons (Fsp3) is 0.263. The Morgan fingerprint density at radius 1 is 0.913 bits per heavy atom. The maximum Gasteiger partial charge on any atom is 0.255 e. The molecule has 2 amide bonds. The molecule has 0 spiro atoms. The highest BCUT2D eigenvalue weighted by molar-refractivity contribution is 6.04. The number of carbonyl (C=O) groups is 2. The number of hydrogen-bond acceptors (Lipinski definition) is 2. The normalized spacial score (nSPS) is 11.6. The van der Waals surface area contributed by atoms with E-state index in [4.69, 9.17) is 0 Å². The second kappa shape index (κ2) is 7.58. The maximum atomic E-state index is 12.2. The minimum absolute atomic E-state index is 0.136. The molecular weight excluding hydrogens is 288 g/mol. The van der Waals surface area contributed by atoms with Gasteiger partial charge in [0.1, 0.15) is 0 Å². The number of amides is 2. The predicted molar refractivity (Wildman–Crippen MR) is 93.8 cm³/mol. The van der Waals surface area contributed by atoms with Crippen LogP contribution in [0.15, 0.2) is 48.5 Å². The lowest BCUT2D eigenvalue weighted by atomic mass is 9.98. The van der Waals surface area contributed by atoms with Gasteiger partial charge in [0.25, 0.3) is 5.91 Å². The Kier molecular flexibility index (Phi) is 5.52. The molecule has 23 heavy (non-hydrogen) atoms. The van der Waals surface area contributed by atoms with E-state index >= 15 is 0 Å². The van der Waals surface area contributed by atoms with Crippen LogP contribution < -0.4 is 10.6 Å². The van der Waals surface area contributed by atoms with Crippen molar-refractivity contribution in [2.75, 3.05) is 10.6 Å². The van der Waals surface area contributed by atoms with Gasteiger partial charge in [0.05, 0.1) is 0 Å². The first-order valence-electron chi connectivity index (χ1n) is 7.78. The van der Waals surface area contributed by atoms with Gasteiger partial charge in [0, 0.05) is 23.9 Å². The van der Waals surface area contributed by atoms with Gasteiger partial charge in [-0.2, -0.15) is 0 Å². The molecule has 4 nitrogen and oxygen atoms in total. The van der Waals surface area contributed by atoms with E-state index in [9.17, 15) is 9.59 Å². The maximum absolute atomic E-state index is 12.2. The number of rotatable bonds is 5. The lowest BCUT2D eigenvalue weighted by Gasteiger charge is -2.11. The Hall–Kier alpha value is -2.62. The molecule has 0 bridgehead atoms. The summed E-state index contributed by atoms with van der Waals surface area (Å²) in [6.07, 6.45) is 1.09. The summed E-state index contributed by atoms with van der Waals surface area (Å²) in [5.41, 5.74) is 3.26. The number of benzene rings is 2. The van der Waals surface area contributed by atoms with E-state index in [0.717, 1.165) is 12.1 Å². The van der Waals surface area contributed by atoms with Crippen LogP contribution >= 0.6 is 0 Å². The third-order valence-electron chi connectivity index (χ3n) is 3.82. The summed E-state index contributed by atoms with van der Waals surface area (Å²) >= 11 is 0. The molecule has 1 unspecified atom stereocenters. The average molecular weight is 310 g/mol. The molecule has 2 rings (SSSR count). The smallest absolute Gasteiger partial charge is 0.255 e. The van der Waals surface area contributed by atoms with E-state index in [1.807, 2.05) is 24.3 Å². The average Bonchev–Trinajstić information content (AvgIpc) is 2.55. The lowest BCUT2D eigenvalue weighted by molar-refractivity contribution is -0.114. The molecule has 1 atom stereocenters. The zero-order chi connectivity index (χ0) is 16.8. The molecule has 120 valence electrons. The summed E-state index contributed by atoms with van der Waals surface area (Å²) in [4.78, 5) is 23.2. The van der Waals surface area contributed by atoms with Crippen LogP contribution in [0.1, 0.15) is 49.0 Å². The molecular formula is C19H22N2O2. The van der Waals surface area contributed by atoms with Gasteiger partial charge in [-0.15, -0.1) is 0 Å². The van der Waals surface area contributed by atoms with Gasteiger partial charge in [-0.25, -0.2) is 0 Å². The van der Waals surface area contributed by atoms with E-state index < -0.39 is 0 Å². The Morgan fingerprint density at radius 3 is 1.96 bits per heavy atom. The van der Waals surface area contributed by atoms with Crippen molar-refractivity contribution in [2.24, 2.45) is 0 Å². The summed E-state index contributed by atoms with van der Waals surface area (Å²) < 4.78 is 0. The number of anilines is 2. The molecule has 4 heteroatoms. The highest BCUT2D eigenvalue weighted by Crippen LogP contribution is 2.21. The topological polar surface area (TPSA) is 58.2 Å². The minimum atomic E-state index is -0.171. The Balaban J connectivity index is 2.02. The fourth-order valence-corrected chi connectivity index (χ4v) is 2.24. The van der Waals surface area contributed by atoms with Crippen molar-refractivity contribution in [3.63, 3.8) is 0 Å². The standard InChI is InChI=1S/C19H22N2O2/c1-4-13(2)15-5-9-18(10-6-15)21-19(23)16-7-11-17(12-8-16)20-14(3)22/h5-13H,4H2,1-3H3,(H,20,22)(H,21,23). The van der Waals surface area contributed by atoms with Gasteiger partial charge in [-0.3, -0.25) is 9.59 Å². The Labute approximate surface area is 136 Å². The summed E-state index contributed by atoms with van der Waals surface area (Å²) in [5, 5.41) is 5.55. The van der Waals surface area contributed by atoms with Crippen LogP contribution in [0.2, 0.25) is 0 Å². The fourth-order valence-electron chi connectivity index (χ4n) is 2.24. The summed E-state index contributed by atoms with van der Waals surface area (Å²) in [6.45, 7) is 5.79. The molecule has 0 aliphatic carbocycles. The number of hydrogen-bond donors (Lipinski definition) is 2. The first-order valence-corrected chi connectivity index (χ1v) is 7.78. The quantitative estimate of drug-likeness (QED) is 0.859. The van der Waals surface area contributed by atoms with Crippen LogP contribution in [0.25, 0.3) is 0 Å². The van der Waals surface area contributed by atoms with Crippen molar-refractivity contribution >= 4 is 23.2 Å². The molecule has 2 aromatic carbocycles. The highest BCUT2D eigenvalue weighted by Gasteiger charge is 2.07. The van der Waals surface area contributed by atoms with E-state index in [1.165, 1.54) is 12.5 Å². The molecule has 0 saturated heterocycles. The van der Waals surface area contributed by atoms with Crippen LogP contribution in [-0.2, 0) is 4.79 Å². The van der Waals surface area contributed by atoms with Gasteiger partial charge in [-0.05, 0) is 54.3 Å². The van der Waals surface area contributed by atoms with E-state index in [-0.39, 0.29) is 11.8 Å². The van der Waals surface area contributed by atoms with Crippen LogP contribution in [-0.4, -0.2) is 11.8 Å². The molecule has 0 heterocycles. The predicted octanol–water partition coefficient (Wildman–Crippen LogP) is 4.41. The monoisotopic (exact) mass is 310 g/mol. The van der Waals surface area contributed by atoms with Crippen molar-refractivity contribution < 1.29 is 9.59 Å². The van der Waals surface area contributed by atoms with Crippen molar-refractivity contribution in [2.45, 2.75) is 33.1 Å². The second-order valence-electron chi connectivity index (χ2n) is 5.64. The van der Waals surface area contributed by atoms with Gasteiger partial charge < -0.3 is 10.6 Å². The second-order valence-corrected chi connectivity index (χ2v) is 5.64. The molecule has 0 aliphatic heterocycles. The summed E-state index contributed by atoms with van der Waals surface area (Å²) in [5.74, 6) is 0.209. The van der Waals surface area contributed by atoms with Crippen molar-refractivity contribution in [3.8, 4) is 0 Å². The SMILES string of the molecule is CCC(C)c1ccc(NC(=O)c2ccc(NC(C)=O)cc2)cc1. The van der Waals surface area contributed by atoms with E-state index in [0.29, 0.717) is 17.2 Å². The molecule has 0 aromatic heterocycles. The van der Waals surface area contributed by atoms with Crippen molar-refractivity contribution in [3.05, 3.63) is 59.7 Å². The van der Waals surface area contributed by atoms with Crippen molar-refractivity contribution in [1.29, 1.82) is 0 Å². The first kappa shape index (κ1) is 16.7. The molecule has 2 aromatic rings. The lowest BCUT2D eigenvalue weighted by Crippen LogP contribution is -2.12. The summed E-state index contributed by atoms with van der Waals surface area (Å²) in [7, 11) is 0. The summed E-state index contributed by atoms with van der Waals surface area (Å²) in [6, 6.07) is 14.7. The molecule has 0 radical (unpaired) electrons. The molecule has 0 fully saturated rings. The van der Waals surface area contributed by atoms with Gasteiger partial charge in [0.15, 0.2) is 0 Å². The Bertz CT molecular complexity index is 676. The molecule has 0 saturated carbocycles. The van der Waals surface area contributed by atoms with Gasteiger partial charge in [-0.1, -0.05) is 26.0 Å². The third-order valence-corrected chi connectivity index (χ3v) is 3.82. The van der Waals surface area contributed by atoms with Crippen LogP contribution in [0, 0.1) is 0 Å². The number of carbonyl (C=O) groups excluding carboxylic acids is 2. The van der Waals surface area contributed by atoms with Crippen LogP contribution in [0.5, 0.6) is 0 Å². The van der Waals surface area contributed by atoms with E-state index in [1.54, 1.807) is 24.3 Å². The minimum Gasteiger partial charge on any atom is -0.326 e. The van der Waals surface area contributed by atoms with Crippen LogP contribution in [0.4, 0.5) is 11.4 Å². The molecule has 0 aliphatic rings. The first-order chi connectivity index (χ1) is 11.0. The number of nitrogens with one attached hydrogen (secondary N) is 2. The van der Waals surface area contributed by atoms with E-state index in [2.05, 4.69) is 24.5 Å². The zero-order valence-corrected chi connectivity index (χ0v) is 13.7. The zero-order valence-electron chi connectivity index (χ0n) is 13.7. The Morgan fingerprint density at radius 2 is 1.43 bits per heavy atom. The van der Waals surface area contributed by atoms with Crippen molar-refractivity contribution in [1.82, 2.24) is 0 Å². The van der Waals surface area contributed by atoms with Crippen LogP contribution in [0.3, 0.4) is 0 Å².